The number of aromatic amines is 1. The molecule has 0 aliphatic heterocycles. The quantitative estimate of drug-likeness (QED) is 0.0830. The summed E-state index contributed by atoms with van der Waals surface area (Å²) < 4.78 is 6.36. The van der Waals surface area contributed by atoms with Gasteiger partial charge in [0, 0.05) is 36.6 Å². The van der Waals surface area contributed by atoms with Crippen molar-refractivity contribution < 1.29 is 14.3 Å². The lowest BCUT2D eigenvalue weighted by Gasteiger charge is -2.09. The highest BCUT2D eigenvalue weighted by atomic mass is 79.9. The minimum atomic E-state index is -0.539. The second-order valence-corrected chi connectivity index (χ2v) is 11.0. The SMILES string of the molecule is Cc1cccc(C(=O)Oc2ccc(Br)cc2C=NNC(=O)c2[nH]c3c(Cl)cc(Cl)cc3c2-c2ccccc2Cl)c1. The number of carbonyl (C=O) groups excluding carboxylic acids is 2. The highest BCUT2D eigenvalue weighted by molar-refractivity contribution is 9.10. The van der Waals surface area contributed by atoms with Crippen molar-refractivity contribution in [3.63, 3.8) is 0 Å². The van der Waals surface area contributed by atoms with Crippen LogP contribution in [0.25, 0.3) is 22.0 Å². The van der Waals surface area contributed by atoms with Crippen LogP contribution < -0.4 is 10.2 Å². The lowest BCUT2D eigenvalue weighted by Crippen LogP contribution is -2.19. The minimum Gasteiger partial charge on any atom is -0.422 e. The highest BCUT2D eigenvalue weighted by Gasteiger charge is 2.22. The van der Waals surface area contributed by atoms with Crippen LogP contribution in [-0.2, 0) is 0 Å². The maximum Gasteiger partial charge on any atom is 0.343 e. The van der Waals surface area contributed by atoms with Crippen LogP contribution in [0.3, 0.4) is 0 Å². The molecule has 1 aromatic heterocycles. The fourth-order valence-electron chi connectivity index (χ4n) is 4.19. The summed E-state index contributed by atoms with van der Waals surface area (Å²) in [6, 6.07) is 22.6. The summed E-state index contributed by atoms with van der Waals surface area (Å²) in [7, 11) is 0. The Hall–Kier alpha value is -3.62. The molecule has 0 aliphatic rings. The fraction of sp³-hybridized carbons (Fsp3) is 0.0333. The number of hydrogen-bond donors (Lipinski definition) is 2. The highest BCUT2D eigenvalue weighted by Crippen LogP contribution is 2.40. The third kappa shape index (κ3) is 5.93. The Kier molecular flexibility index (Phi) is 8.28. The molecular weight excluding hydrogens is 637 g/mol. The first kappa shape index (κ1) is 27.9. The van der Waals surface area contributed by atoms with Crippen molar-refractivity contribution in [2.24, 2.45) is 5.10 Å². The van der Waals surface area contributed by atoms with Crippen LogP contribution in [0.2, 0.25) is 15.1 Å². The zero-order chi connectivity index (χ0) is 28.4. The average Bonchev–Trinajstić information content (AvgIpc) is 3.30. The van der Waals surface area contributed by atoms with Crippen LogP contribution in [0, 0.1) is 6.92 Å². The molecule has 1 amide bonds. The van der Waals surface area contributed by atoms with E-state index in [0.29, 0.717) is 48.2 Å². The molecule has 200 valence electrons. The molecule has 0 bridgehead atoms. The molecule has 0 unspecified atom stereocenters. The molecule has 0 saturated carbocycles. The number of ether oxygens (including phenoxy) is 1. The van der Waals surface area contributed by atoms with Gasteiger partial charge in [0.2, 0.25) is 0 Å². The van der Waals surface area contributed by atoms with Gasteiger partial charge in [0.1, 0.15) is 11.4 Å². The maximum absolute atomic E-state index is 13.4. The van der Waals surface area contributed by atoms with E-state index in [-0.39, 0.29) is 11.4 Å². The summed E-state index contributed by atoms with van der Waals surface area (Å²) in [6.45, 7) is 1.89. The molecule has 5 aromatic rings. The van der Waals surface area contributed by atoms with Gasteiger partial charge in [-0.05, 0) is 55.5 Å². The van der Waals surface area contributed by atoms with E-state index in [2.05, 4.69) is 31.4 Å². The van der Waals surface area contributed by atoms with Crippen molar-refractivity contribution in [2.75, 3.05) is 0 Å². The molecule has 0 atom stereocenters. The predicted molar refractivity (Wildman–Crippen MR) is 164 cm³/mol. The van der Waals surface area contributed by atoms with E-state index in [1.54, 1.807) is 66.7 Å². The van der Waals surface area contributed by atoms with Crippen LogP contribution in [0.1, 0.15) is 32.0 Å². The van der Waals surface area contributed by atoms with E-state index in [1.165, 1.54) is 6.21 Å². The molecule has 10 heteroatoms. The van der Waals surface area contributed by atoms with Crippen molar-refractivity contribution in [1.82, 2.24) is 10.4 Å². The number of rotatable bonds is 6. The van der Waals surface area contributed by atoms with Gasteiger partial charge in [0.15, 0.2) is 0 Å². The van der Waals surface area contributed by atoms with E-state index in [4.69, 9.17) is 39.5 Å². The van der Waals surface area contributed by atoms with E-state index in [9.17, 15) is 9.59 Å². The Labute approximate surface area is 253 Å². The van der Waals surface area contributed by atoms with Crippen molar-refractivity contribution in [3.05, 3.63) is 121 Å². The largest absolute Gasteiger partial charge is 0.422 e. The number of esters is 1. The molecule has 0 saturated heterocycles. The standard InChI is InChI=1S/C30H19BrCl3N3O3/c1-16-5-4-6-17(11-16)30(39)40-25-10-9-19(31)12-18(25)15-35-37-29(38)28-26(21-7-2-3-8-23(21)33)22-13-20(32)14-24(34)27(22)36-28/h2-15,36H,1H3,(H,37,38). The monoisotopic (exact) mass is 653 g/mol. The summed E-state index contributed by atoms with van der Waals surface area (Å²) in [4.78, 5) is 29.2. The summed E-state index contributed by atoms with van der Waals surface area (Å²) >= 11 is 22.6. The van der Waals surface area contributed by atoms with Gasteiger partial charge in [-0.2, -0.15) is 5.10 Å². The first-order valence-corrected chi connectivity index (χ1v) is 13.8. The smallest absolute Gasteiger partial charge is 0.343 e. The van der Waals surface area contributed by atoms with Gasteiger partial charge in [0.25, 0.3) is 5.91 Å². The Morgan fingerprint density at radius 3 is 2.52 bits per heavy atom. The van der Waals surface area contributed by atoms with Gasteiger partial charge in [-0.3, -0.25) is 4.79 Å². The molecule has 1 heterocycles. The van der Waals surface area contributed by atoms with E-state index >= 15 is 0 Å². The number of aromatic nitrogens is 1. The van der Waals surface area contributed by atoms with E-state index in [1.807, 2.05) is 19.1 Å². The number of hydrazone groups is 1. The second-order valence-electron chi connectivity index (χ2n) is 8.81. The first-order chi connectivity index (χ1) is 19.2. The van der Waals surface area contributed by atoms with Crippen LogP contribution >= 0.6 is 50.7 Å². The van der Waals surface area contributed by atoms with Gasteiger partial charge in [0.05, 0.1) is 22.3 Å². The molecule has 0 radical (unpaired) electrons. The number of halogens is 4. The molecular formula is C30H19BrCl3N3O3. The maximum atomic E-state index is 13.4. The third-order valence-electron chi connectivity index (χ3n) is 5.99. The number of nitrogens with zero attached hydrogens (tertiary/aromatic N) is 1. The molecule has 2 N–H and O–H groups in total. The number of aryl methyl sites for hydroxylation is 1. The molecule has 0 aliphatic carbocycles. The lowest BCUT2D eigenvalue weighted by atomic mass is 10.0. The third-order valence-corrected chi connectivity index (χ3v) is 7.33. The normalized spacial score (nSPS) is 11.2. The van der Waals surface area contributed by atoms with Crippen molar-refractivity contribution in [2.45, 2.75) is 6.92 Å². The van der Waals surface area contributed by atoms with Crippen molar-refractivity contribution >= 4 is 79.7 Å². The number of amides is 1. The summed E-state index contributed by atoms with van der Waals surface area (Å²) in [5.41, 5.74) is 6.25. The minimum absolute atomic E-state index is 0.199. The fourth-order valence-corrected chi connectivity index (χ4v) is 5.34. The van der Waals surface area contributed by atoms with Crippen molar-refractivity contribution in [1.29, 1.82) is 0 Å². The topological polar surface area (TPSA) is 83.5 Å². The van der Waals surface area contributed by atoms with E-state index < -0.39 is 11.9 Å². The molecule has 0 spiro atoms. The van der Waals surface area contributed by atoms with Crippen LogP contribution in [-0.4, -0.2) is 23.1 Å². The van der Waals surface area contributed by atoms with Crippen LogP contribution in [0.15, 0.2) is 88.4 Å². The number of H-pyrrole nitrogens is 1. The predicted octanol–water partition coefficient (Wildman–Crippen LogP) is 8.85. The average molecular weight is 656 g/mol. The second kappa shape index (κ2) is 11.9. The zero-order valence-electron chi connectivity index (χ0n) is 20.8. The van der Waals surface area contributed by atoms with Crippen molar-refractivity contribution in [3.8, 4) is 16.9 Å². The summed E-state index contributed by atoms with van der Waals surface area (Å²) in [5, 5.41) is 5.99. The van der Waals surface area contributed by atoms with Crippen LogP contribution in [0.4, 0.5) is 0 Å². The van der Waals surface area contributed by atoms with Gasteiger partial charge in [-0.1, -0.05) is 86.6 Å². The first-order valence-electron chi connectivity index (χ1n) is 11.9. The van der Waals surface area contributed by atoms with Gasteiger partial charge >= 0.3 is 5.97 Å². The summed E-state index contributed by atoms with van der Waals surface area (Å²) in [6.07, 6.45) is 1.39. The zero-order valence-corrected chi connectivity index (χ0v) is 24.6. The molecule has 40 heavy (non-hydrogen) atoms. The molecule has 5 rings (SSSR count). The number of hydrogen-bond acceptors (Lipinski definition) is 4. The molecule has 0 fully saturated rings. The molecule has 4 aromatic carbocycles. The Balaban J connectivity index is 1.45. The van der Waals surface area contributed by atoms with Gasteiger partial charge in [-0.25, -0.2) is 10.2 Å². The number of carbonyl (C=O) groups is 2. The number of nitrogens with one attached hydrogen (secondary N) is 2. The number of fused-ring (bicyclic) bond motifs is 1. The molecule has 6 nitrogen and oxygen atoms in total. The van der Waals surface area contributed by atoms with Gasteiger partial charge in [-0.15, -0.1) is 0 Å². The lowest BCUT2D eigenvalue weighted by molar-refractivity contribution is 0.0734. The van der Waals surface area contributed by atoms with Gasteiger partial charge < -0.3 is 9.72 Å². The Bertz CT molecular complexity index is 1820. The summed E-state index contributed by atoms with van der Waals surface area (Å²) in [5.74, 6) is -0.776. The van der Waals surface area contributed by atoms with Crippen LogP contribution in [0.5, 0.6) is 5.75 Å². The Morgan fingerprint density at radius 2 is 1.75 bits per heavy atom. The number of benzene rings is 4. The van der Waals surface area contributed by atoms with E-state index in [0.717, 1.165) is 10.0 Å². The Morgan fingerprint density at radius 1 is 0.950 bits per heavy atom.